The highest BCUT2D eigenvalue weighted by Gasteiger charge is 2.75. The molecule has 1 aromatic rings. The number of aliphatic hydroxyl groups excluding tert-OH is 2. The van der Waals surface area contributed by atoms with E-state index in [1.54, 1.807) is 18.1 Å². The van der Waals surface area contributed by atoms with Crippen LogP contribution in [0.4, 0.5) is 0 Å². The Balaban J connectivity index is 1.35. The standard InChI is InChI=1S/C40H60N4O5/c1-23-31(47)14-15-38(5)36-32(48)19-30-35(34(24(2)45)28-13-9-12-27(18-28)26-10-7-8-11-26)33(49-25(3)46)20-39(30,6)37(36,4)16-17-40(23,38)44-22-29(21-41)42-43-44/h22-23,28,30-33,36,47-48H,7-21,41H2,1-6H3/b35-34+/t23-,28?,30+,31-,32-,33+,36-,37+,38-,39+,40-/m1/s1. The Bertz CT molecular complexity index is 1560. The van der Waals surface area contributed by atoms with E-state index < -0.39 is 29.3 Å². The van der Waals surface area contributed by atoms with E-state index in [0.717, 1.165) is 61.8 Å². The molecular weight excluding hydrogens is 616 g/mol. The van der Waals surface area contributed by atoms with E-state index in [0.29, 0.717) is 19.3 Å². The van der Waals surface area contributed by atoms with Crippen LogP contribution in [-0.4, -0.2) is 55.3 Å². The van der Waals surface area contributed by atoms with Crippen molar-refractivity contribution in [2.45, 2.75) is 162 Å². The van der Waals surface area contributed by atoms with Gasteiger partial charge in [-0.25, -0.2) is 4.68 Å². The fourth-order valence-electron chi connectivity index (χ4n) is 13.4. The highest BCUT2D eigenvalue weighted by Crippen LogP contribution is 2.76. The molecule has 0 spiro atoms. The van der Waals surface area contributed by atoms with Gasteiger partial charge in [-0.1, -0.05) is 44.1 Å². The lowest BCUT2D eigenvalue weighted by Gasteiger charge is -2.72. The summed E-state index contributed by atoms with van der Waals surface area (Å²) >= 11 is 0. The van der Waals surface area contributed by atoms with Gasteiger partial charge < -0.3 is 20.7 Å². The Labute approximate surface area is 292 Å². The first-order valence-electron chi connectivity index (χ1n) is 19.3. The number of esters is 1. The number of Topliss-reactive ketones (excluding diaryl/α,β-unsaturated/α-hetero) is 1. The van der Waals surface area contributed by atoms with Crippen LogP contribution in [0.15, 0.2) is 28.5 Å². The van der Waals surface area contributed by atoms with Crippen LogP contribution in [0.1, 0.15) is 137 Å². The van der Waals surface area contributed by atoms with Crippen molar-refractivity contribution in [2.24, 2.45) is 45.7 Å². The van der Waals surface area contributed by atoms with E-state index >= 15 is 0 Å². The Kier molecular flexibility index (Phi) is 8.87. The van der Waals surface area contributed by atoms with Crippen LogP contribution in [0.25, 0.3) is 0 Å². The van der Waals surface area contributed by atoms with Gasteiger partial charge in [0, 0.05) is 25.0 Å². The zero-order valence-corrected chi connectivity index (χ0v) is 30.8. The third-order valence-corrected chi connectivity index (χ3v) is 15.7. The summed E-state index contributed by atoms with van der Waals surface area (Å²) in [5, 5.41) is 33.1. The number of hydrogen-bond acceptors (Lipinski definition) is 8. The summed E-state index contributed by atoms with van der Waals surface area (Å²) in [5.41, 5.74) is 10.2. The predicted molar refractivity (Wildman–Crippen MR) is 187 cm³/mol. The second-order valence-electron chi connectivity index (χ2n) is 17.7. The maximum atomic E-state index is 13.9. The zero-order chi connectivity index (χ0) is 35.1. The lowest BCUT2D eigenvalue weighted by Crippen LogP contribution is -2.72. The lowest BCUT2D eigenvalue weighted by molar-refractivity contribution is -0.264. The van der Waals surface area contributed by atoms with Crippen molar-refractivity contribution in [1.29, 1.82) is 0 Å². The van der Waals surface area contributed by atoms with Gasteiger partial charge in [0.1, 0.15) is 6.10 Å². The molecule has 11 atom stereocenters. The number of nitrogens with zero attached hydrogens (tertiary/aromatic N) is 3. The number of fused-ring (bicyclic) bond motifs is 5. The molecule has 0 aliphatic heterocycles. The maximum absolute atomic E-state index is 13.9. The van der Waals surface area contributed by atoms with E-state index in [2.05, 4.69) is 38.0 Å². The number of carbonyl (C=O) groups excluding carboxylic acids is 2. The summed E-state index contributed by atoms with van der Waals surface area (Å²) < 4.78 is 8.24. The molecule has 0 bridgehead atoms. The number of allylic oxidation sites excluding steroid dienone is 3. The first-order valence-corrected chi connectivity index (χ1v) is 19.3. The smallest absolute Gasteiger partial charge is 0.303 e. The van der Waals surface area contributed by atoms with Gasteiger partial charge in [0.2, 0.25) is 0 Å². The van der Waals surface area contributed by atoms with Gasteiger partial charge in [-0.2, -0.15) is 0 Å². The third-order valence-electron chi connectivity index (χ3n) is 15.7. The molecule has 0 amide bonds. The molecule has 1 heterocycles. The first-order chi connectivity index (χ1) is 23.2. The van der Waals surface area contributed by atoms with Gasteiger partial charge in [-0.15, -0.1) is 5.10 Å². The number of rotatable bonds is 5. The van der Waals surface area contributed by atoms with Crippen molar-refractivity contribution in [1.82, 2.24) is 15.0 Å². The van der Waals surface area contributed by atoms with Gasteiger partial charge in [-0.05, 0) is 136 Å². The predicted octanol–water partition coefficient (Wildman–Crippen LogP) is 6.31. The van der Waals surface area contributed by atoms with Crippen molar-refractivity contribution in [3.05, 3.63) is 34.2 Å². The zero-order valence-electron chi connectivity index (χ0n) is 30.8. The minimum absolute atomic E-state index is 0.0746. The van der Waals surface area contributed by atoms with Crippen LogP contribution >= 0.6 is 0 Å². The molecule has 9 heteroatoms. The van der Waals surface area contributed by atoms with Crippen LogP contribution in [0.2, 0.25) is 0 Å². The molecule has 1 aromatic heterocycles. The minimum atomic E-state index is -0.644. The Morgan fingerprint density at radius 1 is 0.959 bits per heavy atom. The number of nitrogens with two attached hydrogens (primary N) is 1. The molecule has 0 aromatic carbocycles. The van der Waals surface area contributed by atoms with Crippen LogP contribution < -0.4 is 5.73 Å². The molecule has 9 nitrogen and oxygen atoms in total. The van der Waals surface area contributed by atoms with Crippen molar-refractivity contribution in [3.8, 4) is 0 Å². The fourth-order valence-corrected chi connectivity index (χ4v) is 13.4. The molecule has 6 fully saturated rings. The van der Waals surface area contributed by atoms with Crippen LogP contribution in [0.5, 0.6) is 0 Å². The maximum Gasteiger partial charge on any atom is 0.303 e. The van der Waals surface area contributed by atoms with E-state index in [1.807, 2.05) is 10.9 Å². The minimum Gasteiger partial charge on any atom is -0.458 e. The molecule has 0 saturated heterocycles. The van der Waals surface area contributed by atoms with Crippen molar-refractivity contribution < 1.29 is 24.5 Å². The van der Waals surface area contributed by atoms with E-state index in [1.165, 1.54) is 32.6 Å². The summed E-state index contributed by atoms with van der Waals surface area (Å²) in [5.74, 6) is -0.399. The highest BCUT2D eigenvalue weighted by molar-refractivity contribution is 5.95. The highest BCUT2D eigenvalue weighted by atomic mass is 16.5. The van der Waals surface area contributed by atoms with Crippen LogP contribution in [0.3, 0.4) is 0 Å². The summed E-state index contributed by atoms with van der Waals surface area (Å²) in [6.07, 6.45) is 13.5. The topological polar surface area (TPSA) is 141 Å². The van der Waals surface area contributed by atoms with Crippen molar-refractivity contribution in [2.75, 3.05) is 0 Å². The summed E-state index contributed by atoms with van der Waals surface area (Å²) in [6, 6.07) is 0. The molecule has 4 N–H and O–H groups in total. The van der Waals surface area contributed by atoms with E-state index in [4.69, 9.17) is 10.5 Å². The van der Waals surface area contributed by atoms with Crippen LogP contribution in [-0.2, 0) is 26.4 Å². The lowest BCUT2D eigenvalue weighted by atomic mass is 9.34. The van der Waals surface area contributed by atoms with Gasteiger partial charge in [0.15, 0.2) is 5.78 Å². The summed E-state index contributed by atoms with van der Waals surface area (Å²) in [7, 11) is 0. The summed E-state index contributed by atoms with van der Waals surface area (Å²) in [4.78, 5) is 26.7. The molecule has 1 unspecified atom stereocenters. The van der Waals surface area contributed by atoms with Gasteiger partial charge >= 0.3 is 5.97 Å². The summed E-state index contributed by atoms with van der Waals surface area (Å²) in [6.45, 7) is 12.7. The van der Waals surface area contributed by atoms with Crippen LogP contribution in [0, 0.1) is 39.9 Å². The largest absolute Gasteiger partial charge is 0.458 e. The number of aromatic nitrogens is 3. The quantitative estimate of drug-likeness (QED) is 0.187. The average Bonchev–Trinajstić information content (AvgIpc) is 3.81. The van der Waals surface area contributed by atoms with E-state index in [-0.39, 0.29) is 52.8 Å². The molecule has 49 heavy (non-hydrogen) atoms. The Hall–Kier alpha value is -2.36. The van der Waals surface area contributed by atoms with Gasteiger partial charge in [0.05, 0.1) is 29.6 Å². The SMILES string of the molecule is CC(=O)O[C@H]1C[C@@]2(C)[C@@H](C[C@@H](O)[C@@H]3[C@]2(C)CC[C@@]2(n4cc(CN)nn4)[C@H](C)[C@H](O)CC[C@]32C)/C1=C(/C(C)=O)C1CCCC(=C2CCCC2)C1. The molecule has 7 rings (SSSR count). The average molecular weight is 677 g/mol. The Morgan fingerprint density at radius 2 is 1.67 bits per heavy atom. The second kappa shape index (κ2) is 12.4. The number of ether oxygens (including phenoxy) is 1. The molecule has 6 aliphatic carbocycles. The molecular formula is C40H60N4O5. The van der Waals surface area contributed by atoms with E-state index in [9.17, 15) is 19.8 Å². The number of hydrogen-bond donors (Lipinski definition) is 3. The number of ketones is 1. The van der Waals surface area contributed by atoms with Crippen molar-refractivity contribution >= 4 is 11.8 Å². The molecule has 270 valence electrons. The Morgan fingerprint density at radius 3 is 2.33 bits per heavy atom. The third kappa shape index (κ3) is 5.02. The number of aliphatic hydroxyl groups is 2. The van der Waals surface area contributed by atoms with Gasteiger partial charge in [-0.3, -0.25) is 9.59 Å². The normalized spacial score (nSPS) is 44.6. The molecule has 6 aliphatic rings. The van der Waals surface area contributed by atoms with Crippen molar-refractivity contribution in [3.63, 3.8) is 0 Å². The number of carbonyl (C=O) groups is 2. The monoisotopic (exact) mass is 676 g/mol. The molecule has 6 saturated carbocycles. The molecule has 0 radical (unpaired) electrons. The fraction of sp³-hybridized carbons (Fsp3) is 0.800. The first kappa shape index (κ1) is 35.1. The van der Waals surface area contributed by atoms with Gasteiger partial charge in [0.25, 0.3) is 0 Å². The second-order valence-corrected chi connectivity index (χ2v) is 17.7.